The van der Waals surface area contributed by atoms with E-state index in [2.05, 4.69) is 18.8 Å². The first kappa shape index (κ1) is 28.3. The van der Waals surface area contributed by atoms with Crippen molar-refractivity contribution in [2.75, 3.05) is 13.2 Å². The quantitative estimate of drug-likeness (QED) is 0.442. The molecule has 1 aromatic rings. The number of ether oxygens (including phenoxy) is 1. The summed E-state index contributed by atoms with van der Waals surface area (Å²) in [7, 11) is 0. The summed E-state index contributed by atoms with van der Waals surface area (Å²) in [6.07, 6.45) is 4.92. The molecule has 1 heterocycles. The Morgan fingerprint density at radius 1 is 1.26 bits per heavy atom. The van der Waals surface area contributed by atoms with Crippen molar-refractivity contribution < 1.29 is 19.1 Å². The minimum Gasteiger partial charge on any atom is -0.381 e. The van der Waals surface area contributed by atoms with E-state index in [-0.39, 0.29) is 29.8 Å². The molecule has 0 spiro atoms. The first-order chi connectivity index (χ1) is 16.5. The van der Waals surface area contributed by atoms with Crippen LogP contribution in [0.15, 0.2) is 48.6 Å². The zero-order valence-corrected chi connectivity index (χ0v) is 22.0. The van der Waals surface area contributed by atoms with Crippen LogP contribution in [0.5, 0.6) is 0 Å². The molecule has 7 nitrogen and oxygen atoms in total. The first-order valence-corrected chi connectivity index (χ1v) is 12.4. The first-order valence-electron chi connectivity index (χ1n) is 12.4. The van der Waals surface area contributed by atoms with Crippen LogP contribution in [0.2, 0.25) is 0 Å². The summed E-state index contributed by atoms with van der Waals surface area (Å²) in [6, 6.07) is 5.90. The number of amides is 3. The fraction of sp³-hybridized carbons (Fsp3) is 0.536. The van der Waals surface area contributed by atoms with Crippen LogP contribution in [0.3, 0.4) is 0 Å². The summed E-state index contributed by atoms with van der Waals surface area (Å²) in [5, 5.41) is 3.21. The molecular weight excluding hydrogens is 442 g/mol. The molecule has 2 atom stereocenters. The molecule has 192 valence electrons. The van der Waals surface area contributed by atoms with Gasteiger partial charge in [-0.05, 0) is 63.8 Å². The van der Waals surface area contributed by atoms with Gasteiger partial charge in [-0.15, -0.1) is 0 Å². The maximum Gasteiger partial charge on any atom is 0.254 e. The average molecular weight is 484 g/mol. The van der Waals surface area contributed by atoms with Gasteiger partial charge in [0.05, 0.1) is 24.7 Å². The number of carbonyl (C=O) groups is 3. The second kappa shape index (κ2) is 12.2. The van der Waals surface area contributed by atoms with Crippen LogP contribution in [0.4, 0.5) is 0 Å². The molecular formula is C28H41N3O4. The lowest BCUT2D eigenvalue weighted by atomic mass is 9.83. The summed E-state index contributed by atoms with van der Waals surface area (Å²) in [4.78, 5) is 40.9. The minimum absolute atomic E-state index is 0.169. The Hall–Kier alpha value is -2.93. The number of carbonyl (C=O) groups excluding carboxylic acids is 3. The highest BCUT2D eigenvalue weighted by molar-refractivity contribution is 5.98. The van der Waals surface area contributed by atoms with Gasteiger partial charge >= 0.3 is 0 Å². The molecule has 2 rings (SSSR count). The summed E-state index contributed by atoms with van der Waals surface area (Å²) in [5.41, 5.74) is 6.82. The lowest BCUT2D eigenvalue weighted by Gasteiger charge is -2.39. The van der Waals surface area contributed by atoms with Gasteiger partial charge in [0.2, 0.25) is 11.8 Å². The molecule has 3 N–H and O–H groups in total. The minimum atomic E-state index is -0.924. The fourth-order valence-electron chi connectivity index (χ4n) is 4.38. The largest absolute Gasteiger partial charge is 0.381 e. The molecule has 1 aromatic carbocycles. The second-order valence-corrected chi connectivity index (χ2v) is 9.91. The normalized spacial score (nSPS) is 16.3. The number of allylic oxidation sites excluding steroid dienone is 2. The third kappa shape index (κ3) is 6.40. The zero-order valence-electron chi connectivity index (χ0n) is 22.0. The predicted octanol–water partition coefficient (Wildman–Crippen LogP) is 3.73. The number of benzene rings is 1. The summed E-state index contributed by atoms with van der Waals surface area (Å²) < 4.78 is 5.39. The van der Waals surface area contributed by atoms with Crippen LogP contribution < -0.4 is 11.1 Å². The van der Waals surface area contributed by atoms with E-state index < -0.39 is 17.4 Å². The third-order valence-electron chi connectivity index (χ3n) is 6.84. The van der Waals surface area contributed by atoms with Crippen molar-refractivity contribution >= 4 is 17.7 Å². The standard InChI is InChI=1S/C28H41N3O4/c1-8-12-19(9-2)24(21-16-35-17-21)30-25(32)23(10-3)31(18(4)5)26(33)20-13-11-14-22(15-20)28(6,7)27(29)34/h8,11-15,18,21,23-24H,1,9-10,16-17H2,2-7H3,(H2,29,34)(H,30,32)/b19-12+/t23-,24+/m1/s1. The number of hydrogen-bond acceptors (Lipinski definition) is 4. The molecule has 35 heavy (non-hydrogen) atoms. The maximum atomic E-state index is 13.7. The molecule has 0 bridgehead atoms. The number of nitrogens with two attached hydrogens (primary N) is 1. The van der Waals surface area contributed by atoms with Crippen LogP contribution in [-0.4, -0.2) is 54.0 Å². The Bertz CT molecular complexity index is 963. The number of rotatable bonds is 12. The van der Waals surface area contributed by atoms with Gasteiger partial charge in [-0.25, -0.2) is 0 Å². The van der Waals surface area contributed by atoms with Crippen LogP contribution in [-0.2, 0) is 19.7 Å². The van der Waals surface area contributed by atoms with Crippen LogP contribution >= 0.6 is 0 Å². The third-order valence-corrected chi connectivity index (χ3v) is 6.84. The summed E-state index contributed by atoms with van der Waals surface area (Å²) in [5.74, 6) is -0.731. The summed E-state index contributed by atoms with van der Waals surface area (Å²) in [6.45, 7) is 16.2. The van der Waals surface area contributed by atoms with Gasteiger partial charge in [0.25, 0.3) is 5.91 Å². The van der Waals surface area contributed by atoms with E-state index in [0.717, 1.165) is 12.0 Å². The molecule has 0 radical (unpaired) electrons. The average Bonchev–Trinajstić information content (AvgIpc) is 2.78. The van der Waals surface area contributed by atoms with E-state index in [1.807, 2.05) is 26.8 Å². The SMILES string of the molecule is C=C/C=C(\CC)[C@H](NC(=O)[C@@H](CC)N(C(=O)c1cccc(C(C)(C)C(N)=O)c1)C(C)C)C1COC1. The number of nitrogens with zero attached hydrogens (tertiary/aromatic N) is 1. The number of primary amides is 1. The molecule has 3 amide bonds. The maximum absolute atomic E-state index is 13.7. The predicted molar refractivity (Wildman–Crippen MR) is 139 cm³/mol. The van der Waals surface area contributed by atoms with Gasteiger partial charge in [0.1, 0.15) is 6.04 Å². The molecule has 0 aromatic heterocycles. The van der Waals surface area contributed by atoms with E-state index in [1.165, 1.54) is 0 Å². The molecule has 0 unspecified atom stereocenters. The number of hydrogen-bond donors (Lipinski definition) is 2. The van der Waals surface area contributed by atoms with Gasteiger partial charge in [-0.1, -0.05) is 44.7 Å². The zero-order chi connectivity index (χ0) is 26.3. The van der Waals surface area contributed by atoms with E-state index >= 15 is 0 Å². The van der Waals surface area contributed by atoms with Crippen molar-refractivity contribution in [1.29, 1.82) is 0 Å². The van der Waals surface area contributed by atoms with Crippen molar-refractivity contribution in [2.45, 2.75) is 77.9 Å². The van der Waals surface area contributed by atoms with Crippen molar-refractivity contribution in [2.24, 2.45) is 11.7 Å². The van der Waals surface area contributed by atoms with Gasteiger partial charge in [-0.2, -0.15) is 0 Å². The Balaban J connectivity index is 2.37. The Labute approximate surface area is 209 Å². The highest BCUT2D eigenvalue weighted by atomic mass is 16.5. The van der Waals surface area contributed by atoms with Crippen LogP contribution in [0.25, 0.3) is 0 Å². The monoisotopic (exact) mass is 483 g/mol. The van der Waals surface area contributed by atoms with Crippen LogP contribution in [0.1, 0.15) is 70.3 Å². The molecule has 1 aliphatic heterocycles. The van der Waals surface area contributed by atoms with Gasteiger partial charge in [0, 0.05) is 17.5 Å². The lowest BCUT2D eigenvalue weighted by Crippen LogP contribution is -2.57. The molecule has 1 fully saturated rings. The van der Waals surface area contributed by atoms with Crippen molar-refractivity contribution in [3.63, 3.8) is 0 Å². The van der Waals surface area contributed by atoms with E-state index in [9.17, 15) is 14.4 Å². The lowest BCUT2D eigenvalue weighted by molar-refractivity contribution is -0.129. The van der Waals surface area contributed by atoms with E-state index in [0.29, 0.717) is 30.8 Å². The molecule has 1 aliphatic rings. The van der Waals surface area contributed by atoms with Crippen LogP contribution in [0, 0.1) is 5.92 Å². The molecule has 7 heteroatoms. The molecule has 1 saturated heterocycles. The van der Waals surface area contributed by atoms with Crippen molar-refractivity contribution in [3.8, 4) is 0 Å². The molecule has 0 aliphatic carbocycles. The Morgan fingerprint density at radius 3 is 2.37 bits per heavy atom. The van der Waals surface area contributed by atoms with Crippen molar-refractivity contribution in [1.82, 2.24) is 10.2 Å². The van der Waals surface area contributed by atoms with Gasteiger partial charge < -0.3 is 20.7 Å². The van der Waals surface area contributed by atoms with Gasteiger partial charge in [0.15, 0.2) is 0 Å². The highest BCUT2D eigenvalue weighted by Gasteiger charge is 2.37. The fourth-order valence-corrected chi connectivity index (χ4v) is 4.38. The van der Waals surface area contributed by atoms with E-state index in [1.54, 1.807) is 49.1 Å². The molecule has 0 saturated carbocycles. The second-order valence-electron chi connectivity index (χ2n) is 9.91. The summed E-state index contributed by atoms with van der Waals surface area (Å²) >= 11 is 0. The number of nitrogens with one attached hydrogen (secondary N) is 1. The Kier molecular flexibility index (Phi) is 9.83. The van der Waals surface area contributed by atoms with Crippen molar-refractivity contribution in [3.05, 3.63) is 59.7 Å². The van der Waals surface area contributed by atoms with Gasteiger partial charge in [-0.3, -0.25) is 14.4 Å². The Morgan fingerprint density at radius 2 is 1.91 bits per heavy atom. The van der Waals surface area contributed by atoms with E-state index in [4.69, 9.17) is 10.5 Å². The topological polar surface area (TPSA) is 102 Å². The highest BCUT2D eigenvalue weighted by Crippen LogP contribution is 2.26. The smallest absolute Gasteiger partial charge is 0.254 e.